The number of carbonyl (C=O) groups excluding carboxylic acids is 2. The van der Waals surface area contributed by atoms with E-state index < -0.39 is 33.3 Å². The van der Waals surface area contributed by atoms with Gasteiger partial charge in [-0.1, -0.05) is 33.6 Å². The molecule has 3 aliphatic rings. The van der Waals surface area contributed by atoms with Gasteiger partial charge in [0.2, 0.25) is 21.8 Å². The van der Waals surface area contributed by atoms with Gasteiger partial charge < -0.3 is 21.1 Å². The molecule has 3 rings (SSSR count). The van der Waals surface area contributed by atoms with Crippen molar-refractivity contribution >= 4 is 27.8 Å². The summed E-state index contributed by atoms with van der Waals surface area (Å²) in [7, 11) is -3.75. The number of carboxylic acid groups (broad SMARTS) is 1. The van der Waals surface area contributed by atoms with Gasteiger partial charge in [0.25, 0.3) is 0 Å². The SMILES string of the molecule is CC(=O)N[C@@H](CC1=CNC2CCCCC12)C(=O)NCCCC[C@@H](C(=O)O)N(CC(C)C)S(=O)(=O)C1CCC(C)CC1. The number of sulfonamides is 1. The van der Waals surface area contributed by atoms with Crippen LogP contribution in [0.2, 0.25) is 0 Å². The average molecular weight is 597 g/mol. The van der Waals surface area contributed by atoms with Crippen LogP contribution in [0.1, 0.15) is 105 Å². The van der Waals surface area contributed by atoms with Crippen molar-refractivity contribution < 1.29 is 27.9 Å². The van der Waals surface area contributed by atoms with E-state index in [2.05, 4.69) is 22.9 Å². The molecule has 2 aliphatic carbocycles. The number of nitrogens with zero attached hydrogens (tertiary/aromatic N) is 1. The highest BCUT2D eigenvalue weighted by Gasteiger charge is 2.41. The van der Waals surface area contributed by atoms with E-state index in [-0.39, 0.29) is 30.7 Å². The Morgan fingerprint density at radius 3 is 2.39 bits per heavy atom. The Hall–Kier alpha value is -2.14. The van der Waals surface area contributed by atoms with Gasteiger partial charge in [-0.25, -0.2) is 8.42 Å². The van der Waals surface area contributed by atoms with Gasteiger partial charge >= 0.3 is 5.97 Å². The second-order valence-electron chi connectivity index (χ2n) is 12.9. The van der Waals surface area contributed by atoms with Gasteiger partial charge in [-0.15, -0.1) is 0 Å². The Kier molecular flexibility index (Phi) is 12.5. The first-order valence-electron chi connectivity index (χ1n) is 15.6. The lowest BCUT2D eigenvalue weighted by Crippen LogP contribution is -2.50. The highest BCUT2D eigenvalue weighted by atomic mass is 32.2. The Morgan fingerprint density at radius 1 is 1.07 bits per heavy atom. The summed E-state index contributed by atoms with van der Waals surface area (Å²) in [6, 6.07) is -1.38. The zero-order chi connectivity index (χ0) is 30.2. The van der Waals surface area contributed by atoms with Crippen LogP contribution in [0.5, 0.6) is 0 Å². The van der Waals surface area contributed by atoms with Gasteiger partial charge in [0.05, 0.1) is 5.25 Å². The van der Waals surface area contributed by atoms with E-state index in [9.17, 15) is 27.9 Å². The number of hydrogen-bond acceptors (Lipinski definition) is 6. The van der Waals surface area contributed by atoms with Crippen LogP contribution in [-0.4, -0.2) is 72.1 Å². The van der Waals surface area contributed by atoms with E-state index in [0.717, 1.165) is 25.7 Å². The van der Waals surface area contributed by atoms with E-state index in [0.29, 0.717) is 56.5 Å². The number of nitrogens with one attached hydrogen (secondary N) is 3. The highest BCUT2D eigenvalue weighted by molar-refractivity contribution is 7.89. The summed E-state index contributed by atoms with van der Waals surface area (Å²) in [6.45, 7) is 7.83. The molecule has 234 valence electrons. The molecule has 0 radical (unpaired) electrons. The van der Waals surface area contributed by atoms with Crippen molar-refractivity contribution in [1.29, 1.82) is 0 Å². The van der Waals surface area contributed by atoms with Gasteiger partial charge in [-0.05, 0) is 87.8 Å². The van der Waals surface area contributed by atoms with Crippen LogP contribution in [0.3, 0.4) is 0 Å². The molecule has 0 aromatic rings. The van der Waals surface area contributed by atoms with Crippen molar-refractivity contribution in [3.8, 4) is 0 Å². The molecule has 1 heterocycles. The van der Waals surface area contributed by atoms with Gasteiger partial charge in [0.15, 0.2) is 0 Å². The third-order valence-corrected chi connectivity index (χ3v) is 11.3. The summed E-state index contributed by atoms with van der Waals surface area (Å²) in [5.74, 6) is -0.763. The van der Waals surface area contributed by atoms with Crippen LogP contribution in [-0.2, 0) is 24.4 Å². The largest absolute Gasteiger partial charge is 0.480 e. The summed E-state index contributed by atoms with van der Waals surface area (Å²) in [6.07, 6.45) is 11.0. The molecule has 0 aromatic heterocycles. The van der Waals surface area contributed by atoms with Crippen molar-refractivity contribution in [1.82, 2.24) is 20.3 Å². The van der Waals surface area contributed by atoms with Gasteiger partial charge in [0, 0.05) is 32.0 Å². The molecular weight excluding hydrogens is 544 g/mol. The number of unbranched alkanes of at least 4 members (excludes halogenated alkanes) is 1. The molecule has 2 fully saturated rings. The number of carboxylic acids is 1. The molecule has 11 heteroatoms. The van der Waals surface area contributed by atoms with Crippen LogP contribution in [0, 0.1) is 17.8 Å². The summed E-state index contributed by atoms with van der Waals surface area (Å²) in [5.41, 5.74) is 1.17. The first-order chi connectivity index (χ1) is 19.4. The highest BCUT2D eigenvalue weighted by Crippen LogP contribution is 2.36. The Morgan fingerprint density at radius 2 is 1.76 bits per heavy atom. The minimum atomic E-state index is -3.75. The maximum absolute atomic E-state index is 13.6. The number of carbonyl (C=O) groups is 3. The second-order valence-corrected chi connectivity index (χ2v) is 15.0. The van der Waals surface area contributed by atoms with Crippen molar-refractivity contribution in [2.45, 2.75) is 128 Å². The van der Waals surface area contributed by atoms with Gasteiger partial charge in [0.1, 0.15) is 12.1 Å². The summed E-state index contributed by atoms with van der Waals surface area (Å²) >= 11 is 0. The fourth-order valence-electron chi connectivity index (χ4n) is 6.67. The van der Waals surface area contributed by atoms with Gasteiger partial charge in [-0.3, -0.25) is 14.4 Å². The molecular formula is C30H52N4O6S. The Labute approximate surface area is 246 Å². The monoisotopic (exact) mass is 596 g/mol. The van der Waals surface area contributed by atoms with Crippen molar-refractivity contribution in [2.24, 2.45) is 17.8 Å². The minimum absolute atomic E-state index is 0.00629. The van der Waals surface area contributed by atoms with Crippen LogP contribution in [0.25, 0.3) is 0 Å². The van der Waals surface area contributed by atoms with Crippen molar-refractivity contribution in [3.63, 3.8) is 0 Å². The molecule has 0 saturated heterocycles. The van der Waals surface area contributed by atoms with Crippen LogP contribution in [0.4, 0.5) is 0 Å². The minimum Gasteiger partial charge on any atom is -0.480 e. The predicted octanol–water partition coefficient (Wildman–Crippen LogP) is 3.53. The lowest BCUT2D eigenvalue weighted by atomic mass is 9.80. The summed E-state index contributed by atoms with van der Waals surface area (Å²) in [5, 5.41) is 18.7. The third-order valence-electron chi connectivity index (χ3n) is 8.95. The maximum Gasteiger partial charge on any atom is 0.322 e. The lowest BCUT2D eigenvalue weighted by Gasteiger charge is -2.35. The number of amides is 2. The molecule has 2 saturated carbocycles. The average Bonchev–Trinajstić information content (AvgIpc) is 3.31. The number of hydrogen-bond donors (Lipinski definition) is 4. The second kappa shape index (κ2) is 15.4. The predicted molar refractivity (Wildman–Crippen MR) is 159 cm³/mol. The quantitative estimate of drug-likeness (QED) is 0.212. The van der Waals surface area contributed by atoms with E-state index in [1.165, 1.54) is 29.6 Å². The molecule has 2 unspecified atom stereocenters. The molecule has 1 aliphatic heterocycles. The van der Waals surface area contributed by atoms with Crippen LogP contribution < -0.4 is 16.0 Å². The van der Waals surface area contributed by atoms with Crippen molar-refractivity contribution in [3.05, 3.63) is 11.8 Å². The van der Waals surface area contributed by atoms with E-state index >= 15 is 0 Å². The lowest BCUT2D eigenvalue weighted by molar-refractivity contribution is -0.142. The topological polar surface area (TPSA) is 145 Å². The molecule has 2 amide bonds. The number of rotatable bonds is 15. The number of aliphatic carboxylic acids is 1. The molecule has 4 atom stereocenters. The fourth-order valence-corrected chi connectivity index (χ4v) is 8.98. The molecule has 0 spiro atoms. The van der Waals surface area contributed by atoms with Crippen LogP contribution in [0.15, 0.2) is 11.8 Å². The molecule has 41 heavy (non-hydrogen) atoms. The maximum atomic E-state index is 13.6. The third kappa shape index (κ3) is 9.43. The van der Waals surface area contributed by atoms with Gasteiger partial charge in [-0.2, -0.15) is 4.31 Å². The van der Waals surface area contributed by atoms with E-state index in [1.54, 1.807) is 0 Å². The number of fused-ring (bicyclic) bond motifs is 1. The Balaban J connectivity index is 1.54. The Bertz CT molecular complexity index is 1040. The van der Waals surface area contributed by atoms with E-state index in [1.807, 2.05) is 20.0 Å². The summed E-state index contributed by atoms with van der Waals surface area (Å²) in [4.78, 5) is 37.2. The van der Waals surface area contributed by atoms with Crippen LogP contribution >= 0.6 is 0 Å². The smallest absolute Gasteiger partial charge is 0.322 e. The first-order valence-corrected chi connectivity index (χ1v) is 17.1. The zero-order valence-corrected chi connectivity index (χ0v) is 26.2. The molecule has 4 N–H and O–H groups in total. The fraction of sp³-hybridized carbons (Fsp3) is 0.833. The summed E-state index contributed by atoms with van der Waals surface area (Å²) < 4.78 is 28.5. The van der Waals surface area contributed by atoms with Crippen molar-refractivity contribution in [2.75, 3.05) is 13.1 Å². The molecule has 10 nitrogen and oxygen atoms in total. The standard InChI is InChI=1S/C30H52N4O6S/c1-20(2)19-34(41(39,40)24-14-12-21(3)13-15-24)28(30(37)38)11-7-8-16-31-29(36)27(33-22(4)35)17-23-18-32-26-10-6-5-9-25(23)26/h18,20-21,24-28,32H,5-17,19H2,1-4H3,(H,31,36)(H,33,35)(H,37,38)/t21?,24?,25?,26?,27-,28-/m0/s1. The molecule has 0 bridgehead atoms. The zero-order valence-electron chi connectivity index (χ0n) is 25.4. The normalized spacial score (nSPS) is 26.0. The molecule has 0 aromatic carbocycles. The van der Waals surface area contributed by atoms with E-state index in [4.69, 9.17) is 0 Å². The first kappa shape index (κ1) is 33.4.